The standard InChI is InChI=1S/C16H28N4O/c1-5-12-13(10-17)15(19-18-14(12)6-2)20-9-7-8-16(3,11-20)21-4/h5-11,17H2,1-4H3. The third-order valence-corrected chi connectivity index (χ3v) is 4.59. The van der Waals surface area contributed by atoms with Gasteiger partial charge in [-0.15, -0.1) is 5.10 Å². The summed E-state index contributed by atoms with van der Waals surface area (Å²) in [5.74, 6) is 0.953. The maximum Gasteiger partial charge on any atom is 0.156 e. The molecule has 1 unspecified atom stereocenters. The Bertz CT molecular complexity index is 491. The van der Waals surface area contributed by atoms with Crippen LogP contribution in [-0.2, 0) is 24.1 Å². The van der Waals surface area contributed by atoms with Gasteiger partial charge >= 0.3 is 0 Å². The average Bonchev–Trinajstić information content (AvgIpc) is 2.53. The highest BCUT2D eigenvalue weighted by molar-refractivity contribution is 5.52. The highest BCUT2D eigenvalue weighted by atomic mass is 16.5. The summed E-state index contributed by atoms with van der Waals surface area (Å²) in [6.07, 6.45) is 4.04. The van der Waals surface area contributed by atoms with Crippen LogP contribution in [0.4, 0.5) is 5.82 Å². The molecule has 1 aliphatic rings. The molecule has 5 nitrogen and oxygen atoms in total. The Kier molecular flexibility index (Phi) is 5.17. The maximum absolute atomic E-state index is 6.03. The third kappa shape index (κ3) is 3.19. The molecule has 21 heavy (non-hydrogen) atoms. The molecule has 2 N–H and O–H groups in total. The quantitative estimate of drug-likeness (QED) is 0.900. The number of hydrogen-bond acceptors (Lipinski definition) is 5. The number of hydrogen-bond donors (Lipinski definition) is 1. The number of nitrogens with zero attached hydrogens (tertiary/aromatic N) is 3. The van der Waals surface area contributed by atoms with Crippen molar-refractivity contribution in [3.05, 3.63) is 16.8 Å². The second-order valence-electron chi connectivity index (χ2n) is 6.02. The summed E-state index contributed by atoms with van der Waals surface area (Å²) in [6, 6.07) is 0. The van der Waals surface area contributed by atoms with Crippen molar-refractivity contribution >= 4 is 5.82 Å². The molecule has 0 spiro atoms. The van der Waals surface area contributed by atoms with Crippen molar-refractivity contribution in [2.75, 3.05) is 25.1 Å². The summed E-state index contributed by atoms with van der Waals surface area (Å²) in [5, 5.41) is 8.93. The van der Waals surface area contributed by atoms with E-state index in [9.17, 15) is 0 Å². The van der Waals surface area contributed by atoms with Crippen LogP contribution >= 0.6 is 0 Å². The van der Waals surface area contributed by atoms with Crippen LogP contribution in [0.5, 0.6) is 0 Å². The van der Waals surface area contributed by atoms with Crippen LogP contribution in [0.1, 0.15) is 50.4 Å². The molecule has 1 fully saturated rings. The highest BCUT2D eigenvalue weighted by Gasteiger charge is 2.32. The molecule has 2 rings (SSSR count). The fourth-order valence-electron chi connectivity index (χ4n) is 3.26. The van der Waals surface area contributed by atoms with E-state index in [1.807, 2.05) is 0 Å². The molecule has 1 aromatic heterocycles. The molecule has 0 saturated carbocycles. The Morgan fingerprint density at radius 2 is 2.00 bits per heavy atom. The normalized spacial score (nSPS) is 22.6. The second-order valence-corrected chi connectivity index (χ2v) is 6.02. The number of aryl methyl sites for hydroxylation is 1. The Balaban J connectivity index is 2.39. The van der Waals surface area contributed by atoms with E-state index in [2.05, 4.69) is 35.9 Å². The van der Waals surface area contributed by atoms with Crippen LogP contribution < -0.4 is 10.6 Å². The first-order valence-electron chi connectivity index (χ1n) is 7.96. The first kappa shape index (κ1) is 16.2. The zero-order valence-electron chi connectivity index (χ0n) is 13.8. The minimum Gasteiger partial charge on any atom is -0.377 e. The van der Waals surface area contributed by atoms with Crippen molar-refractivity contribution in [3.63, 3.8) is 0 Å². The summed E-state index contributed by atoms with van der Waals surface area (Å²) < 4.78 is 5.68. The number of rotatable bonds is 5. The molecule has 1 aromatic rings. The molecule has 0 amide bonds. The molecule has 2 heterocycles. The monoisotopic (exact) mass is 292 g/mol. The van der Waals surface area contributed by atoms with Crippen LogP contribution in [0.15, 0.2) is 0 Å². The Morgan fingerprint density at radius 1 is 1.24 bits per heavy atom. The van der Waals surface area contributed by atoms with E-state index >= 15 is 0 Å². The number of piperidine rings is 1. The number of anilines is 1. The first-order chi connectivity index (χ1) is 10.1. The molecular weight excluding hydrogens is 264 g/mol. The molecule has 0 radical (unpaired) electrons. The largest absolute Gasteiger partial charge is 0.377 e. The topological polar surface area (TPSA) is 64.3 Å². The lowest BCUT2D eigenvalue weighted by Gasteiger charge is -2.40. The van der Waals surface area contributed by atoms with Gasteiger partial charge in [0.05, 0.1) is 11.3 Å². The summed E-state index contributed by atoms with van der Waals surface area (Å²) in [5.41, 5.74) is 9.43. The third-order valence-electron chi connectivity index (χ3n) is 4.59. The zero-order chi connectivity index (χ0) is 15.5. The molecule has 0 bridgehead atoms. The van der Waals surface area contributed by atoms with Crippen molar-refractivity contribution < 1.29 is 4.74 Å². The summed E-state index contributed by atoms with van der Waals surface area (Å²) >= 11 is 0. The maximum atomic E-state index is 6.03. The lowest BCUT2D eigenvalue weighted by atomic mass is 9.94. The van der Waals surface area contributed by atoms with E-state index in [0.29, 0.717) is 6.54 Å². The van der Waals surface area contributed by atoms with Gasteiger partial charge in [0, 0.05) is 32.3 Å². The summed E-state index contributed by atoms with van der Waals surface area (Å²) in [4.78, 5) is 2.29. The van der Waals surface area contributed by atoms with Gasteiger partial charge in [-0.3, -0.25) is 0 Å². The molecule has 0 aliphatic carbocycles. The fourth-order valence-corrected chi connectivity index (χ4v) is 3.26. The number of methoxy groups -OCH3 is 1. The average molecular weight is 292 g/mol. The van der Waals surface area contributed by atoms with E-state index in [1.165, 1.54) is 5.56 Å². The van der Waals surface area contributed by atoms with E-state index in [4.69, 9.17) is 10.5 Å². The molecule has 118 valence electrons. The van der Waals surface area contributed by atoms with Crippen molar-refractivity contribution in [3.8, 4) is 0 Å². The lowest BCUT2D eigenvalue weighted by molar-refractivity contribution is -0.00488. The first-order valence-corrected chi connectivity index (χ1v) is 7.96. The predicted molar refractivity (Wildman–Crippen MR) is 85.5 cm³/mol. The van der Waals surface area contributed by atoms with Gasteiger partial charge in [-0.1, -0.05) is 13.8 Å². The SMILES string of the molecule is CCc1nnc(N2CCCC(C)(OC)C2)c(CN)c1CC. The van der Waals surface area contributed by atoms with E-state index in [-0.39, 0.29) is 5.60 Å². The van der Waals surface area contributed by atoms with Crippen LogP contribution in [0.3, 0.4) is 0 Å². The Morgan fingerprint density at radius 3 is 2.57 bits per heavy atom. The fraction of sp³-hybridized carbons (Fsp3) is 0.750. The second kappa shape index (κ2) is 6.71. The van der Waals surface area contributed by atoms with Crippen molar-refractivity contribution in [2.45, 2.75) is 58.6 Å². The summed E-state index contributed by atoms with van der Waals surface area (Å²) in [7, 11) is 1.79. The number of nitrogens with two attached hydrogens (primary N) is 1. The number of ether oxygens (including phenoxy) is 1. The van der Waals surface area contributed by atoms with Gasteiger partial charge in [0.25, 0.3) is 0 Å². The molecular formula is C16H28N4O. The van der Waals surface area contributed by atoms with Crippen LogP contribution in [0.2, 0.25) is 0 Å². The van der Waals surface area contributed by atoms with Crippen LogP contribution in [0.25, 0.3) is 0 Å². The van der Waals surface area contributed by atoms with Gasteiger partial charge in [-0.05, 0) is 38.2 Å². The van der Waals surface area contributed by atoms with Gasteiger partial charge in [0.1, 0.15) is 0 Å². The Hall–Kier alpha value is -1.20. The minimum atomic E-state index is -0.110. The Labute approximate surface area is 127 Å². The highest BCUT2D eigenvalue weighted by Crippen LogP contribution is 2.30. The molecule has 0 aromatic carbocycles. The summed E-state index contributed by atoms with van der Waals surface area (Å²) in [6.45, 7) is 8.80. The van der Waals surface area contributed by atoms with E-state index in [1.54, 1.807) is 7.11 Å². The van der Waals surface area contributed by atoms with Crippen molar-refractivity contribution in [2.24, 2.45) is 5.73 Å². The zero-order valence-corrected chi connectivity index (χ0v) is 13.8. The van der Waals surface area contributed by atoms with Crippen LogP contribution in [-0.4, -0.2) is 36.0 Å². The van der Waals surface area contributed by atoms with Gasteiger partial charge in [-0.2, -0.15) is 5.10 Å². The van der Waals surface area contributed by atoms with Crippen LogP contribution in [0, 0.1) is 0 Å². The minimum absolute atomic E-state index is 0.110. The molecule has 1 saturated heterocycles. The smallest absolute Gasteiger partial charge is 0.156 e. The van der Waals surface area contributed by atoms with E-state index in [0.717, 1.165) is 55.8 Å². The molecule has 1 atom stereocenters. The van der Waals surface area contributed by atoms with E-state index < -0.39 is 0 Å². The molecule has 1 aliphatic heterocycles. The predicted octanol–water partition coefficient (Wildman–Crippen LogP) is 2.07. The lowest BCUT2D eigenvalue weighted by Crippen LogP contribution is -2.48. The van der Waals surface area contributed by atoms with Gasteiger partial charge in [0.15, 0.2) is 5.82 Å². The molecule has 5 heteroatoms. The van der Waals surface area contributed by atoms with Crippen molar-refractivity contribution in [1.82, 2.24) is 10.2 Å². The van der Waals surface area contributed by atoms with Gasteiger partial charge < -0.3 is 15.4 Å². The van der Waals surface area contributed by atoms with Gasteiger partial charge in [-0.25, -0.2) is 0 Å². The van der Waals surface area contributed by atoms with Crippen molar-refractivity contribution in [1.29, 1.82) is 0 Å². The number of aromatic nitrogens is 2. The van der Waals surface area contributed by atoms with Gasteiger partial charge in [0.2, 0.25) is 0 Å².